The molecule has 1 nitrogen and oxygen atoms in total. The van der Waals surface area contributed by atoms with E-state index in [4.69, 9.17) is 5.73 Å². The van der Waals surface area contributed by atoms with E-state index >= 15 is 0 Å². The fourth-order valence-electron chi connectivity index (χ4n) is 1.53. The van der Waals surface area contributed by atoms with Crippen LogP contribution in [0.3, 0.4) is 0 Å². The smallest absolute Gasteiger partial charge is 0.323 e. The molecule has 1 aromatic carbocycles. The van der Waals surface area contributed by atoms with Gasteiger partial charge in [-0.15, -0.1) is 12.4 Å². The molecule has 0 unspecified atom stereocenters. The number of halogens is 5. The Morgan fingerprint density at radius 1 is 1.11 bits per heavy atom. The van der Waals surface area contributed by atoms with Crippen LogP contribution in [0, 0.1) is 11.2 Å². The van der Waals surface area contributed by atoms with Crippen LogP contribution in [0.2, 0.25) is 0 Å². The van der Waals surface area contributed by atoms with Crippen molar-refractivity contribution >= 4 is 12.4 Å². The molecule has 2 N–H and O–H groups in total. The number of benzene rings is 1. The normalized spacial score (nSPS) is 14.0. The van der Waals surface area contributed by atoms with Gasteiger partial charge in [0.05, 0.1) is 5.56 Å². The lowest BCUT2D eigenvalue weighted by atomic mass is 9.81. The Balaban J connectivity index is 0.00000289. The van der Waals surface area contributed by atoms with Crippen molar-refractivity contribution in [1.82, 2.24) is 0 Å². The zero-order valence-corrected chi connectivity index (χ0v) is 11.1. The Morgan fingerprint density at radius 3 is 2.00 bits per heavy atom. The van der Waals surface area contributed by atoms with Crippen molar-refractivity contribution in [2.45, 2.75) is 33.0 Å². The number of rotatable bonds is 1. The van der Waals surface area contributed by atoms with Crippen molar-refractivity contribution in [2.24, 2.45) is 11.1 Å². The summed E-state index contributed by atoms with van der Waals surface area (Å²) in [5.41, 5.74) is 3.61. The number of alkyl halides is 3. The summed E-state index contributed by atoms with van der Waals surface area (Å²) in [6, 6.07) is 1.87. The second-order valence-electron chi connectivity index (χ2n) is 5.04. The van der Waals surface area contributed by atoms with Crippen LogP contribution in [0.25, 0.3) is 0 Å². The first-order valence-corrected chi connectivity index (χ1v) is 5.16. The molecular formula is C12H16ClF4N. The molecule has 0 spiro atoms. The molecule has 0 aromatic heterocycles. The van der Waals surface area contributed by atoms with E-state index < -0.39 is 34.6 Å². The summed E-state index contributed by atoms with van der Waals surface area (Å²) in [6.07, 6.45) is -4.60. The predicted octanol–water partition coefficient (Wildman–Crippen LogP) is 4.31. The van der Waals surface area contributed by atoms with Gasteiger partial charge in [0.15, 0.2) is 0 Å². The van der Waals surface area contributed by atoms with Crippen LogP contribution in [0.4, 0.5) is 17.6 Å². The van der Waals surface area contributed by atoms with Gasteiger partial charge in [-0.1, -0.05) is 26.8 Å². The second kappa shape index (κ2) is 5.45. The summed E-state index contributed by atoms with van der Waals surface area (Å²) in [7, 11) is 0. The van der Waals surface area contributed by atoms with Gasteiger partial charge in [-0.25, -0.2) is 4.39 Å². The van der Waals surface area contributed by atoms with Gasteiger partial charge in [-0.2, -0.15) is 13.2 Å². The molecule has 0 aliphatic carbocycles. The van der Waals surface area contributed by atoms with E-state index in [-0.39, 0.29) is 12.4 Å². The van der Waals surface area contributed by atoms with Gasteiger partial charge in [-0.3, -0.25) is 0 Å². The maximum Gasteiger partial charge on any atom is 0.416 e. The van der Waals surface area contributed by atoms with Crippen molar-refractivity contribution in [3.05, 3.63) is 35.1 Å². The molecule has 0 bridgehead atoms. The minimum absolute atomic E-state index is 0. The van der Waals surface area contributed by atoms with E-state index in [0.717, 1.165) is 18.2 Å². The Hall–Kier alpha value is -0.810. The number of nitrogens with two attached hydrogens (primary N) is 1. The highest BCUT2D eigenvalue weighted by molar-refractivity contribution is 5.85. The van der Waals surface area contributed by atoms with Crippen LogP contribution in [0.1, 0.15) is 37.9 Å². The van der Waals surface area contributed by atoms with Crippen molar-refractivity contribution in [2.75, 3.05) is 0 Å². The highest BCUT2D eigenvalue weighted by Crippen LogP contribution is 2.40. The van der Waals surface area contributed by atoms with E-state index in [1.165, 1.54) is 0 Å². The van der Waals surface area contributed by atoms with Crippen LogP contribution in [0.5, 0.6) is 0 Å². The summed E-state index contributed by atoms with van der Waals surface area (Å²) in [6.45, 7) is 5.01. The summed E-state index contributed by atoms with van der Waals surface area (Å²) >= 11 is 0. The van der Waals surface area contributed by atoms with E-state index in [1.54, 1.807) is 20.8 Å². The van der Waals surface area contributed by atoms with E-state index in [1.807, 2.05) is 0 Å². The summed E-state index contributed by atoms with van der Waals surface area (Å²) in [5.74, 6) is -0.915. The van der Waals surface area contributed by atoms with E-state index in [0.29, 0.717) is 0 Å². The zero-order chi connectivity index (χ0) is 13.4. The number of hydrogen-bond acceptors (Lipinski definition) is 1. The average molecular weight is 286 g/mol. The van der Waals surface area contributed by atoms with Crippen LogP contribution >= 0.6 is 12.4 Å². The lowest BCUT2D eigenvalue weighted by molar-refractivity contribution is -0.138. The Kier molecular flexibility index (Phi) is 5.20. The van der Waals surface area contributed by atoms with E-state index in [2.05, 4.69) is 0 Å². The Bertz CT molecular complexity index is 410. The van der Waals surface area contributed by atoms with Crippen LogP contribution in [-0.4, -0.2) is 0 Å². The molecule has 104 valence electrons. The first-order chi connectivity index (χ1) is 7.55. The van der Waals surface area contributed by atoms with Crippen LogP contribution < -0.4 is 5.73 Å². The molecule has 1 aromatic rings. The highest BCUT2D eigenvalue weighted by Gasteiger charge is 2.38. The van der Waals surface area contributed by atoms with Crippen molar-refractivity contribution < 1.29 is 17.6 Å². The molecule has 6 heteroatoms. The number of hydrogen-bond donors (Lipinski definition) is 1. The lowest BCUT2D eigenvalue weighted by Gasteiger charge is -2.29. The van der Waals surface area contributed by atoms with Gasteiger partial charge in [0.25, 0.3) is 0 Å². The lowest BCUT2D eigenvalue weighted by Crippen LogP contribution is -2.29. The topological polar surface area (TPSA) is 26.0 Å². The van der Waals surface area contributed by atoms with Crippen molar-refractivity contribution in [3.8, 4) is 0 Å². The molecule has 0 fully saturated rings. The fourth-order valence-corrected chi connectivity index (χ4v) is 1.53. The first-order valence-electron chi connectivity index (χ1n) is 5.16. The third-order valence-electron chi connectivity index (χ3n) is 2.60. The van der Waals surface area contributed by atoms with Gasteiger partial charge < -0.3 is 5.73 Å². The summed E-state index contributed by atoms with van der Waals surface area (Å²) < 4.78 is 51.8. The second-order valence-corrected chi connectivity index (χ2v) is 5.04. The molecule has 0 amide bonds. The van der Waals surface area contributed by atoms with Crippen molar-refractivity contribution in [1.29, 1.82) is 0 Å². The molecule has 0 radical (unpaired) electrons. The highest BCUT2D eigenvalue weighted by atomic mass is 35.5. The van der Waals surface area contributed by atoms with E-state index in [9.17, 15) is 17.6 Å². The maximum atomic E-state index is 13.6. The molecule has 0 aliphatic heterocycles. The van der Waals surface area contributed by atoms with Crippen LogP contribution in [0.15, 0.2) is 18.2 Å². The van der Waals surface area contributed by atoms with Crippen LogP contribution in [-0.2, 0) is 6.18 Å². The molecule has 1 rings (SSSR count). The summed E-state index contributed by atoms with van der Waals surface area (Å²) in [5, 5.41) is 0. The molecule has 18 heavy (non-hydrogen) atoms. The van der Waals surface area contributed by atoms with Gasteiger partial charge in [-0.05, 0) is 17.5 Å². The molecule has 1 atom stereocenters. The minimum Gasteiger partial charge on any atom is -0.323 e. The monoisotopic (exact) mass is 285 g/mol. The third kappa shape index (κ3) is 3.59. The quantitative estimate of drug-likeness (QED) is 0.765. The average Bonchev–Trinajstić information content (AvgIpc) is 2.13. The summed E-state index contributed by atoms with van der Waals surface area (Å²) in [4.78, 5) is 0. The zero-order valence-electron chi connectivity index (χ0n) is 10.3. The molecule has 0 heterocycles. The van der Waals surface area contributed by atoms with Gasteiger partial charge in [0.1, 0.15) is 5.82 Å². The third-order valence-corrected chi connectivity index (χ3v) is 2.60. The maximum absolute atomic E-state index is 13.6. The first kappa shape index (κ1) is 17.2. The van der Waals surface area contributed by atoms with Crippen molar-refractivity contribution in [3.63, 3.8) is 0 Å². The van der Waals surface area contributed by atoms with Gasteiger partial charge in [0.2, 0.25) is 0 Å². The molecule has 0 saturated carbocycles. The molecule has 0 saturated heterocycles. The Labute approximate surface area is 110 Å². The van der Waals surface area contributed by atoms with Gasteiger partial charge in [0, 0.05) is 11.6 Å². The fraction of sp³-hybridized carbons (Fsp3) is 0.500. The largest absolute Gasteiger partial charge is 0.416 e. The standard InChI is InChI=1S/C12H15F4N.ClH/c1-11(2,3)10(17)9-7(12(14,15)16)5-4-6-8(9)13;/h4-6,10H,17H2,1-3H3;1H/t10-;/m0./s1. The SMILES string of the molecule is CC(C)(C)[C@@H](N)c1c(F)cccc1C(F)(F)F.Cl. The van der Waals surface area contributed by atoms with Gasteiger partial charge >= 0.3 is 6.18 Å². The Morgan fingerprint density at radius 2 is 1.61 bits per heavy atom. The molecular weight excluding hydrogens is 270 g/mol. The predicted molar refractivity (Wildman–Crippen MR) is 65.0 cm³/mol. The minimum atomic E-state index is -4.60. The molecule has 0 aliphatic rings.